The predicted octanol–water partition coefficient (Wildman–Crippen LogP) is 4.61. The molecule has 0 fully saturated rings. The van der Waals surface area contributed by atoms with E-state index in [9.17, 15) is 9.59 Å². The van der Waals surface area contributed by atoms with Crippen LogP contribution in [0.2, 0.25) is 0 Å². The van der Waals surface area contributed by atoms with Gasteiger partial charge >= 0.3 is 0 Å². The van der Waals surface area contributed by atoms with Crippen LogP contribution in [0.15, 0.2) is 83.0 Å². The molecule has 0 heterocycles. The fourth-order valence-electron chi connectivity index (χ4n) is 3.13. The summed E-state index contributed by atoms with van der Waals surface area (Å²) in [5, 5.41) is 8.44. The number of rotatable bonds is 6. The van der Waals surface area contributed by atoms with Gasteiger partial charge in [-0.25, -0.2) is 10.9 Å². The number of nitrogens with one attached hydrogen (secondary N) is 2. The number of benzene rings is 3. The Morgan fingerprint density at radius 1 is 0.594 bits per heavy atom. The number of aryl methyl sites for hydroxylation is 2. The largest absolute Gasteiger partial charge is 0.271 e. The first kappa shape index (κ1) is 22.6. The van der Waals surface area contributed by atoms with Gasteiger partial charge in [-0.1, -0.05) is 60.7 Å². The molecule has 0 saturated carbocycles. The first-order chi connectivity index (χ1) is 15.4. The third kappa shape index (κ3) is 5.55. The zero-order valence-electron chi connectivity index (χ0n) is 18.6. The Hall–Kier alpha value is -4.06. The monoisotopic (exact) mass is 426 g/mol. The molecule has 0 aliphatic heterocycles. The van der Waals surface area contributed by atoms with E-state index in [2.05, 4.69) is 21.1 Å². The van der Waals surface area contributed by atoms with Gasteiger partial charge in [0.25, 0.3) is 11.8 Å². The van der Waals surface area contributed by atoms with Gasteiger partial charge in [0.15, 0.2) is 0 Å². The SMILES string of the molecule is CC(=NNC(=O)c1ccccc1C)c1ccc(C(C)=NNC(=O)c2ccccc2C)cc1. The van der Waals surface area contributed by atoms with E-state index in [1.165, 1.54) is 0 Å². The van der Waals surface area contributed by atoms with Crippen molar-refractivity contribution in [1.82, 2.24) is 10.9 Å². The lowest BCUT2D eigenvalue weighted by Gasteiger charge is -2.07. The third-order valence-corrected chi connectivity index (χ3v) is 5.15. The molecule has 6 nitrogen and oxygen atoms in total. The van der Waals surface area contributed by atoms with E-state index in [0.717, 1.165) is 22.3 Å². The number of nitrogens with zero attached hydrogens (tertiary/aromatic N) is 2. The van der Waals surface area contributed by atoms with Crippen molar-refractivity contribution in [1.29, 1.82) is 0 Å². The quantitative estimate of drug-likeness (QED) is 0.446. The van der Waals surface area contributed by atoms with Crippen molar-refractivity contribution in [3.05, 3.63) is 106 Å². The lowest BCUT2D eigenvalue weighted by atomic mass is 10.1. The molecule has 3 aromatic rings. The van der Waals surface area contributed by atoms with Crippen LogP contribution in [0.5, 0.6) is 0 Å². The number of carbonyl (C=O) groups is 2. The van der Waals surface area contributed by atoms with E-state index in [4.69, 9.17) is 0 Å². The van der Waals surface area contributed by atoms with Gasteiger partial charge < -0.3 is 0 Å². The molecule has 0 aromatic heterocycles. The molecule has 162 valence electrons. The average molecular weight is 427 g/mol. The fraction of sp³-hybridized carbons (Fsp3) is 0.154. The minimum Gasteiger partial charge on any atom is -0.267 e. The minimum atomic E-state index is -0.244. The van der Waals surface area contributed by atoms with Gasteiger partial charge in [0.1, 0.15) is 0 Å². The molecule has 0 bridgehead atoms. The molecular weight excluding hydrogens is 400 g/mol. The standard InChI is InChI=1S/C26H26N4O2/c1-17-9-5-7-11-23(17)25(31)29-27-19(3)21-13-15-22(16-14-21)20(4)28-30-26(32)24-12-8-6-10-18(24)2/h5-16H,1-4H3,(H,29,31)(H,30,32). The van der Waals surface area contributed by atoms with E-state index in [1.54, 1.807) is 12.1 Å². The molecule has 0 saturated heterocycles. The minimum absolute atomic E-state index is 0.244. The van der Waals surface area contributed by atoms with Crippen molar-refractivity contribution in [2.45, 2.75) is 27.7 Å². The van der Waals surface area contributed by atoms with E-state index in [-0.39, 0.29) is 11.8 Å². The second-order valence-corrected chi connectivity index (χ2v) is 7.48. The average Bonchev–Trinajstić information content (AvgIpc) is 2.81. The molecule has 3 aromatic carbocycles. The first-order valence-electron chi connectivity index (χ1n) is 10.3. The summed E-state index contributed by atoms with van der Waals surface area (Å²) in [6, 6.07) is 22.3. The van der Waals surface area contributed by atoms with Crippen molar-refractivity contribution >= 4 is 23.2 Å². The van der Waals surface area contributed by atoms with E-state index < -0.39 is 0 Å². The van der Waals surface area contributed by atoms with Crippen LogP contribution in [0.25, 0.3) is 0 Å². The van der Waals surface area contributed by atoms with Crippen LogP contribution in [0, 0.1) is 13.8 Å². The molecule has 0 aliphatic carbocycles. The predicted molar refractivity (Wildman–Crippen MR) is 128 cm³/mol. The maximum atomic E-state index is 12.3. The zero-order valence-corrected chi connectivity index (χ0v) is 18.6. The van der Waals surface area contributed by atoms with Crippen molar-refractivity contribution in [2.24, 2.45) is 10.2 Å². The Balaban J connectivity index is 1.64. The molecule has 2 amide bonds. The summed E-state index contributed by atoms with van der Waals surface area (Å²) in [7, 11) is 0. The van der Waals surface area contributed by atoms with Crippen LogP contribution in [0.4, 0.5) is 0 Å². The third-order valence-electron chi connectivity index (χ3n) is 5.15. The number of carbonyl (C=O) groups excluding carboxylic acids is 2. The molecule has 0 unspecified atom stereocenters. The molecule has 32 heavy (non-hydrogen) atoms. The highest BCUT2D eigenvalue weighted by molar-refractivity contribution is 6.04. The first-order valence-corrected chi connectivity index (χ1v) is 10.3. The molecule has 2 N–H and O–H groups in total. The Labute approximate surface area is 188 Å². The second-order valence-electron chi connectivity index (χ2n) is 7.48. The van der Waals surface area contributed by atoms with Gasteiger partial charge in [0.05, 0.1) is 11.4 Å². The summed E-state index contributed by atoms with van der Waals surface area (Å²) >= 11 is 0. The van der Waals surface area contributed by atoms with Gasteiger partial charge in [-0.05, 0) is 62.1 Å². The molecule has 3 rings (SSSR count). The molecule has 0 spiro atoms. The highest BCUT2D eigenvalue weighted by Gasteiger charge is 2.09. The summed E-state index contributed by atoms with van der Waals surface area (Å²) in [6.45, 7) is 7.43. The van der Waals surface area contributed by atoms with Crippen LogP contribution in [0.1, 0.15) is 56.8 Å². The Kier molecular flexibility index (Phi) is 7.29. The van der Waals surface area contributed by atoms with Gasteiger partial charge in [-0.15, -0.1) is 0 Å². The maximum Gasteiger partial charge on any atom is 0.271 e. The van der Waals surface area contributed by atoms with Crippen LogP contribution < -0.4 is 10.9 Å². The van der Waals surface area contributed by atoms with Gasteiger partial charge in [-0.2, -0.15) is 10.2 Å². The lowest BCUT2D eigenvalue weighted by Crippen LogP contribution is -2.20. The fourth-order valence-corrected chi connectivity index (χ4v) is 3.13. The molecule has 0 aliphatic rings. The normalized spacial score (nSPS) is 11.8. The van der Waals surface area contributed by atoms with E-state index in [1.807, 2.05) is 88.4 Å². The summed E-state index contributed by atoms with van der Waals surface area (Å²) in [5.41, 5.74) is 11.3. The topological polar surface area (TPSA) is 82.9 Å². The second kappa shape index (κ2) is 10.3. The molecule has 6 heteroatoms. The van der Waals surface area contributed by atoms with Crippen LogP contribution in [-0.4, -0.2) is 23.2 Å². The number of hydrazone groups is 2. The van der Waals surface area contributed by atoms with Crippen molar-refractivity contribution in [3.8, 4) is 0 Å². The Morgan fingerprint density at radius 3 is 1.28 bits per heavy atom. The highest BCUT2D eigenvalue weighted by atomic mass is 16.2. The summed E-state index contributed by atoms with van der Waals surface area (Å²) < 4.78 is 0. The highest BCUT2D eigenvalue weighted by Crippen LogP contribution is 2.10. The molecule has 0 atom stereocenters. The van der Waals surface area contributed by atoms with Crippen LogP contribution in [0.3, 0.4) is 0 Å². The Morgan fingerprint density at radius 2 is 0.938 bits per heavy atom. The Bertz CT molecular complexity index is 1100. The maximum absolute atomic E-state index is 12.3. The van der Waals surface area contributed by atoms with Crippen LogP contribution >= 0.6 is 0 Å². The van der Waals surface area contributed by atoms with Crippen molar-refractivity contribution < 1.29 is 9.59 Å². The number of hydrogen-bond donors (Lipinski definition) is 2. The van der Waals surface area contributed by atoms with Gasteiger partial charge in [0, 0.05) is 11.1 Å². The van der Waals surface area contributed by atoms with Crippen molar-refractivity contribution in [3.63, 3.8) is 0 Å². The smallest absolute Gasteiger partial charge is 0.267 e. The zero-order chi connectivity index (χ0) is 23.1. The molecule has 0 radical (unpaired) electrons. The van der Waals surface area contributed by atoms with Gasteiger partial charge in [0.2, 0.25) is 0 Å². The summed E-state index contributed by atoms with van der Waals surface area (Å²) in [4.78, 5) is 24.7. The number of hydrogen-bond acceptors (Lipinski definition) is 4. The summed E-state index contributed by atoms with van der Waals surface area (Å²) in [5.74, 6) is -0.488. The van der Waals surface area contributed by atoms with E-state index in [0.29, 0.717) is 22.6 Å². The van der Waals surface area contributed by atoms with E-state index >= 15 is 0 Å². The van der Waals surface area contributed by atoms with Crippen molar-refractivity contribution in [2.75, 3.05) is 0 Å². The van der Waals surface area contributed by atoms with Gasteiger partial charge in [-0.3, -0.25) is 9.59 Å². The summed E-state index contributed by atoms with van der Waals surface area (Å²) in [6.07, 6.45) is 0. The van der Waals surface area contributed by atoms with Crippen LogP contribution in [-0.2, 0) is 0 Å². The lowest BCUT2D eigenvalue weighted by molar-refractivity contribution is 0.0946. The number of amides is 2. The molecular formula is C26H26N4O2.